The molecule has 4 rings (SSSR count). The Balaban J connectivity index is 1.57. The van der Waals surface area contributed by atoms with Crippen LogP contribution in [-0.2, 0) is 39.4 Å². The van der Waals surface area contributed by atoms with Crippen LogP contribution in [0.3, 0.4) is 0 Å². The molecule has 1 aliphatic carbocycles. The summed E-state index contributed by atoms with van der Waals surface area (Å²) in [4.78, 5) is 6.88. The van der Waals surface area contributed by atoms with Gasteiger partial charge in [-0.25, -0.2) is 4.98 Å². The van der Waals surface area contributed by atoms with Gasteiger partial charge in [0.2, 0.25) is 0 Å². The maximum Gasteiger partial charge on any atom is 0.0949 e. The van der Waals surface area contributed by atoms with Crippen LogP contribution in [0.2, 0.25) is 0 Å². The van der Waals surface area contributed by atoms with Gasteiger partial charge in [0.15, 0.2) is 0 Å². The number of hydrogen-bond donors (Lipinski definition) is 1. The Kier molecular flexibility index (Phi) is 3.51. The van der Waals surface area contributed by atoms with Gasteiger partial charge in [0.25, 0.3) is 0 Å². The van der Waals surface area contributed by atoms with Crippen molar-refractivity contribution in [3.05, 3.63) is 52.6 Å². The average molecular weight is 297 g/mol. The number of nitrogens with zero attached hydrogens (tertiary/aromatic N) is 3. The highest BCUT2D eigenvalue weighted by molar-refractivity contribution is 5.35. The monoisotopic (exact) mass is 297 g/mol. The molecule has 0 fully saturated rings. The van der Waals surface area contributed by atoms with E-state index in [0.29, 0.717) is 0 Å². The Hall–Kier alpha value is -1.65. The Morgan fingerprint density at radius 3 is 3.00 bits per heavy atom. The Morgan fingerprint density at radius 1 is 1.27 bits per heavy atom. The van der Waals surface area contributed by atoms with Gasteiger partial charge in [-0.15, -0.1) is 0 Å². The van der Waals surface area contributed by atoms with Crippen molar-refractivity contribution in [1.82, 2.24) is 14.5 Å². The van der Waals surface area contributed by atoms with Gasteiger partial charge in [0.05, 0.1) is 18.6 Å². The van der Waals surface area contributed by atoms with Gasteiger partial charge in [-0.3, -0.25) is 4.90 Å². The standard InChI is InChI=1S/C18H23N3O/c1-20-12-19-17-10-21(16(11-22)8-18(17)20)9-13-5-6-14-3-2-4-15(14)7-13/h5-7,12,16,22H,2-4,8-11H2,1H3/t16-/m1/s1. The van der Waals surface area contributed by atoms with Gasteiger partial charge in [0, 0.05) is 38.3 Å². The van der Waals surface area contributed by atoms with Crippen LogP contribution in [0, 0.1) is 0 Å². The lowest BCUT2D eigenvalue weighted by atomic mass is 10.0. The Morgan fingerprint density at radius 2 is 2.14 bits per heavy atom. The first-order valence-corrected chi connectivity index (χ1v) is 8.19. The number of imidazole rings is 1. The molecule has 0 unspecified atom stereocenters. The Labute approximate surface area is 131 Å². The summed E-state index contributed by atoms with van der Waals surface area (Å²) in [7, 11) is 2.04. The molecule has 2 aromatic rings. The molecule has 1 atom stereocenters. The van der Waals surface area contributed by atoms with Crippen LogP contribution < -0.4 is 0 Å². The third-order valence-electron chi connectivity index (χ3n) is 5.20. The summed E-state index contributed by atoms with van der Waals surface area (Å²) in [5.74, 6) is 0. The number of aliphatic hydroxyl groups excluding tert-OH is 1. The first-order chi connectivity index (χ1) is 10.7. The van der Waals surface area contributed by atoms with Crippen molar-refractivity contribution in [3.63, 3.8) is 0 Å². The third kappa shape index (κ3) is 2.36. The smallest absolute Gasteiger partial charge is 0.0949 e. The lowest BCUT2D eigenvalue weighted by Gasteiger charge is -2.34. The van der Waals surface area contributed by atoms with E-state index in [1.54, 1.807) is 0 Å². The first-order valence-electron chi connectivity index (χ1n) is 8.19. The minimum atomic E-state index is 0.191. The van der Waals surface area contributed by atoms with E-state index in [9.17, 15) is 5.11 Å². The zero-order valence-electron chi connectivity index (χ0n) is 13.1. The van der Waals surface area contributed by atoms with Crippen molar-refractivity contribution in [2.75, 3.05) is 6.61 Å². The van der Waals surface area contributed by atoms with Crippen LogP contribution in [0.4, 0.5) is 0 Å². The summed E-state index contributed by atoms with van der Waals surface area (Å²) >= 11 is 0. The quantitative estimate of drug-likeness (QED) is 0.940. The van der Waals surface area contributed by atoms with Crippen molar-refractivity contribution in [2.45, 2.75) is 44.8 Å². The summed E-state index contributed by atoms with van der Waals surface area (Å²) in [6.45, 7) is 1.93. The van der Waals surface area contributed by atoms with Gasteiger partial charge in [-0.2, -0.15) is 0 Å². The van der Waals surface area contributed by atoms with E-state index in [0.717, 1.165) is 25.2 Å². The molecule has 0 spiro atoms. The fourth-order valence-corrected chi connectivity index (χ4v) is 3.89. The molecule has 0 saturated heterocycles. The molecule has 116 valence electrons. The van der Waals surface area contributed by atoms with E-state index in [1.807, 2.05) is 13.4 Å². The summed E-state index contributed by atoms with van der Waals surface area (Å²) in [5, 5.41) is 9.78. The number of rotatable bonds is 3. The third-order valence-corrected chi connectivity index (χ3v) is 5.20. The van der Waals surface area contributed by atoms with Gasteiger partial charge in [0.1, 0.15) is 0 Å². The average Bonchev–Trinajstić information content (AvgIpc) is 3.13. The Bertz CT molecular complexity index is 692. The van der Waals surface area contributed by atoms with Crippen molar-refractivity contribution in [1.29, 1.82) is 0 Å². The van der Waals surface area contributed by atoms with E-state index >= 15 is 0 Å². The molecule has 0 amide bonds. The van der Waals surface area contributed by atoms with Crippen molar-refractivity contribution in [3.8, 4) is 0 Å². The zero-order valence-corrected chi connectivity index (χ0v) is 13.1. The highest BCUT2D eigenvalue weighted by Gasteiger charge is 2.28. The van der Waals surface area contributed by atoms with Crippen LogP contribution in [0.1, 0.15) is 34.5 Å². The summed E-state index contributed by atoms with van der Waals surface area (Å²) < 4.78 is 2.09. The lowest BCUT2D eigenvalue weighted by molar-refractivity contribution is 0.0967. The summed E-state index contributed by atoms with van der Waals surface area (Å²) in [5.41, 5.74) is 6.83. The molecular formula is C18H23N3O. The van der Waals surface area contributed by atoms with Crippen LogP contribution in [0.15, 0.2) is 24.5 Å². The first kappa shape index (κ1) is 14.0. The normalized spacial score (nSPS) is 20.9. The van der Waals surface area contributed by atoms with Crippen LogP contribution >= 0.6 is 0 Å². The molecule has 1 aliphatic heterocycles. The second-order valence-corrected chi connectivity index (χ2v) is 6.65. The van der Waals surface area contributed by atoms with E-state index in [1.165, 1.54) is 41.6 Å². The molecule has 22 heavy (non-hydrogen) atoms. The SMILES string of the molecule is Cn1cnc2c1C[C@H](CO)N(Cc1ccc3c(c1)CCC3)C2. The van der Waals surface area contributed by atoms with Crippen LogP contribution in [-0.4, -0.2) is 32.2 Å². The number of aliphatic hydroxyl groups is 1. The fraction of sp³-hybridized carbons (Fsp3) is 0.500. The molecule has 0 saturated carbocycles. The number of aryl methyl sites for hydroxylation is 3. The number of hydrogen-bond acceptors (Lipinski definition) is 3. The predicted molar refractivity (Wildman–Crippen MR) is 85.5 cm³/mol. The fourth-order valence-electron chi connectivity index (χ4n) is 3.89. The van der Waals surface area contributed by atoms with E-state index in [4.69, 9.17) is 0 Å². The molecule has 4 nitrogen and oxygen atoms in total. The molecule has 2 aliphatic rings. The molecule has 1 aromatic carbocycles. The van der Waals surface area contributed by atoms with E-state index in [-0.39, 0.29) is 12.6 Å². The van der Waals surface area contributed by atoms with Gasteiger partial charge in [-0.05, 0) is 36.0 Å². The molecule has 0 bridgehead atoms. The molecular weight excluding hydrogens is 274 g/mol. The van der Waals surface area contributed by atoms with Gasteiger partial charge >= 0.3 is 0 Å². The predicted octanol–water partition coefficient (Wildman–Crippen LogP) is 1.83. The highest BCUT2D eigenvalue weighted by atomic mass is 16.3. The number of fused-ring (bicyclic) bond motifs is 2. The van der Waals surface area contributed by atoms with Gasteiger partial charge < -0.3 is 9.67 Å². The molecule has 0 radical (unpaired) electrons. The minimum Gasteiger partial charge on any atom is -0.395 e. The number of benzene rings is 1. The van der Waals surface area contributed by atoms with Gasteiger partial charge in [-0.1, -0.05) is 18.2 Å². The highest BCUT2D eigenvalue weighted by Crippen LogP contribution is 2.26. The summed E-state index contributed by atoms with van der Waals surface area (Å²) in [6, 6.07) is 7.11. The van der Waals surface area contributed by atoms with Crippen LogP contribution in [0.5, 0.6) is 0 Å². The van der Waals surface area contributed by atoms with Crippen molar-refractivity contribution in [2.24, 2.45) is 7.05 Å². The second-order valence-electron chi connectivity index (χ2n) is 6.65. The minimum absolute atomic E-state index is 0.191. The van der Waals surface area contributed by atoms with Crippen molar-refractivity contribution < 1.29 is 5.11 Å². The van der Waals surface area contributed by atoms with Crippen molar-refractivity contribution >= 4 is 0 Å². The lowest BCUT2D eigenvalue weighted by Crippen LogP contribution is -2.42. The topological polar surface area (TPSA) is 41.3 Å². The maximum absolute atomic E-state index is 9.78. The van der Waals surface area contributed by atoms with E-state index < -0.39 is 0 Å². The molecule has 2 heterocycles. The molecule has 1 N–H and O–H groups in total. The largest absolute Gasteiger partial charge is 0.395 e. The van der Waals surface area contributed by atoms with Crippen LogP contribution in [0.25, 0.3) is 0 Å². The molecule has 4 heteroatoms. The second kappa shape index (κ2) is 5.52. The summed E-state index contributed by atoms with van der Waals surface area (Å²) in [6.07, 6.45) is 6.51. The zero-order chi connectivity index (χ0) is 15.1. The van der Waals surface area contributed by atoms with E-state index in [2.05, 4.69) is 32.7 Å². The molecule has 1 aromatic heterocycles. The number of aromatic nitrogens is 2. The maximum atomic E-state index is 9.78.